The number of aromatic carboxylic acids is 1. The first-order valence-electron chi connectivity index (χ1n) is 3.35. The molecule has 1 aromatic heterocycles. The van der Waals surface area contributed by atoms with E-state index in [0.717, 1.165) is 0 Å². The Bertz CT molecular complexity index is 284. The van der Waals surface area contributed by atoms with Crippen molar-refractivity contribution in [2.75, 3.05) is 6.54 Å². The summed E-state index contributed by atoms with van der Waals surface area (Å²) in [7, 11) is 0. The summed E-state index contributed by atoms with van der Waals surface area (Å²) in [5.41, 5.74) is 5.33. The summed E-state index contributed by atoms with van der Waals surface area (Å²) in [6, 6.07) is 1.46. The van der Waals surface area contributed by atoms with Gasteiger partial charge < -0.3 is 15.9 Å². The number of carboxylic acid groups (broad SMARTS) is 1. The molecule has 0 radical (unpaired) electrons. The van der Waals surface area contributed by atoms with E-state index in [9.17, 15) is 9.90 Å². The normalized spacial score (nSPS) is 12.8. The van der Waals surface area contributed by atoms with Gasteiger partial charge in [0.1, 0.15) is 6.10 Å². The molecule has 66 valence electrons. The maximum Gasteiger partial charge on any atom is 0.336 e. The van der Waals surface area contributed by atoms with Crippen LogP contribution in [0.5, 0.6) is 0 Å². The molecule has 1 rings (SSSR count). The minimum Gasteiger partial charge on any atom is -0.478 e. The van der Waals surface area contributed by atoms with E-state index in [4.69, 9.17) is 10.8 Å². The lowest BCUT2D eigenvalue weighted by molar-refractivity contribution is 0.0691. The summed E-state index contributed by atoms with van der Waals surface area (Å²) < 4.78 is 0. The molecular formula is C7H9NO3S. The standard InChI is InChI=1S/C7H9NO3S/c8-3-5(9)6-4(7(10)11)1-2-12-6/h1-2,5,9H,3,8H2,(H,10,11). The molecule has 1 atom stereocenters. The quantitative estimate of drug-likeness (QED) is 0.641. The van der Waals surface area contributed by atoms with Crippen molar-refractivity contribution < 1.29 is 15.0 Å². The van der Waals surface area contributed by atoms with Gasteiger partial charge in [-0.15, -0.1) is 11.3 Å². The maximum absolute atomic E-state index is 10.6. The molecule has 1 heterocycles. The van der Waals surface area contributed by atoms with Crippen LogP contribution in [0.4, 0.5) is 0 Å². The molecule has 0 saturated heterocycles. The molecule has 0 bridgehead atoms. The zero-order valence-electron chi connectivity index (χ0n) is 6.23. The van der Waals surface area contributed by atoms with Gasteiger partial charge in [-0.1, -0.05) is 0 Å². The van der Waals surface area contributed by atoms with Crippen LogP contribution in [-0.4, -0.2) is 22.7 Å². The van der Waals surface area contributed by atoms with Crippen molar-refractivity contribution in [2.45, 2.75) is 6.10 Å². The van der Waals surface area contributed by atoms with Crippen LogP contribution in [0.15, 0.2) is 11.4 Å². The average molecular weight is 187 g/mol. The predicted molar refractivity (Wildman–Crippen MR) is 45.3 cm³/mol. The van der Waals surface area contributed by atoms with Gasteiger partial charge in [-0.05, 0) is 11.4 Å². The third-order valence-electron chi connectivity index (χ3n) is 1.45. The van der Waals surface area contributed by atoms with E-state index in [1.165, 1.54) is 17.4 Å². The third kappa shape index (κ3) is 1.63. The second-order valence-corrected chi connectivity index (χ2v) is 3.20. The molecule has 0 aromatic carbocycles. The number of carboxylic acids is 1. The number of hydrogen-bond acceptors (Lipinski definition) is 4. The Kier molecular flexibility index (Phi) is 2.80. The lowest BCUT2D eigenvalue weighted by Gasteiger charge is -2.05. The van der Waals surface area contributed by atoms with E-state index >= 15 is 0 Å². The number of nitrogens with two attached hydrogens (primary N) is 1. The van der Waals surface area contributed by atoms with Crippen LogP contribution in [0, 0.1) is 0 Å². The molecule has 1 unspecified atom stereocenters. The first-order valence-corrected chi connectivity index (χ1v) is 4.23. The van der Waals surface area contributed by atoms with Crippen LogP contribution >= 0.6 is 11.3 Å². The summed E-state index contributed by atoms with van der Waals surface area (Å²) in [4.78, 5) is 11.0. The Labute approximate surface area is 73.3 Å². The maximum atomic E-state index is 10.6. The molecule has 0 spiro atoms. The first-order chi connectivity index (χ1) is 5.66. The monoisotopic (exact) mass is 187 g/mol. The Morgan fingerprint density at radius 3 is 2.92 bits per heavy atom. The summed E-state index contributed by atoms with van der Waals surface area (Å²) >= 11 is 1.20. The van der Waals surface area contributed by atoms with Gasteiger partial charge in [0.25, 0.3) is 0 Å². The van der Waals surface area contributed by atoms with E-state index in [0.29, 0.717) is 4.88 Å². The lowest BCUT2D eigenvalue weighted by atomic mass is 10.2. The van der Waals surface area contributed by atoms with Crippen LogP contribution in [0.1, 0.15) is 21.3 Å². The molecule has 1 aromatic rings. The molecular weight excluding hydrogens is 178 g/mol. The van der Waals surface area contributed by atoms with Gasteiger partial charge in [-0.2, -0.15) is 0 Å². The predicted octanol–water partition coefficient (Wildman–Crippen LogP) is 0.438. The Morgan fingerprint density at radius 1 is 1.75 bits per heavy atom. The largest absolute Gasteiger partial charge is 0.478 e. The summed E-state index contributed by atoms with van der Waals surface area (Å²) in [6.07, 6.45) is -0.865. The second kappa shape index (κ2) is 3.66. The van der Waals surface area contributed by atoms with E-state index in [2.05, 4.69) is 0 Å². The Balaban J connectivity index is 2.98. The fraction of sp³-hybridized carbons (Fsp3) is 0.286. The van der Waals surface area contributed by atoms with Crippen molar-refractivity contribution in [3.63, 3.8) is 0 Å². The van der Waals surface area contributed by atoms with Gasteiger partial charge in [0.05, 0.1) is 5.56 Å². The molecule has 0 aliphatic carbocycles. The van der Waals surface area contributed by atoms with Gasteiger partial charge in [-0.3, -0.25) is 0 Å². The minimum atomic E-state index is -1.03. The van der Waals surface area contributed by atoms with E-state index < -0.39 is 12.1 Å². The highest BCUT2D eigenvalue weighted by molar-refractivity contribution is 7.10. The van der Waals surface area contributed by atoms with Crippen molar-refractivity contribution in [3.8, 4) is 0 Å². The van der Waals surface area contributed by atoms with Gasteiger partial charge in [0.2, 0.25) is 0 Å². The van der Waals surface area contributed by atoms with E-state index in [1.807, 2.05) is 0 Å². The van der Waals surface area contributed by atoms with Gasteiger partial charge in [-0.25, -0.2) is 4.79 Å². The zero-order chi connectivity index (χ0) is 9.14. The number of thiophene rings is 1. The van der Waals surface area contributed by atoms with Crippen molar-refractivity contribution in [2.24, 2.45) is 5.73 Å². The van der Waals surface area contributed by atoms with Crippen molar-refractivity contribution in [3.05, 3.63) is 21.9 Å². The number of carbonyl (C=O) groups is 1. The SMILES string of the molecule is NCC(O)c1sccc1C(=O)O. The van der Waals surface area contributed by atoms with Crippen LogP contribution < -0.4 is 5.73 Å². The van der Waals surface area contributed by atoms with Gasteiger partial charge in [0, 0.05) is 11.4 Å². The molecule has 0 aliphatic heterocycles. The summed E-state index contributed by atoms with van der Waals surface area (Å²) in [5, 5.41) is 19.5. The van der Waals surface area contributed by atoms with Crippen LogP contribution in [0.25, 0.3) is 0 Å². The lowest BCUT2D eigenvalue weighted by Crippen LogP contribution is -2.13. The minimum absolute atomic E-state index is 0.0425. The molecule has 4 nitrogen and oxygen atoms in total. The Morgan fingerprint density at radius 2 is 2.42 bits per heavy atom. The summed E-state index contributed by atoms with van der Waals surface area (Å²) in [6.45, 7) is 0.0425. The number of hydrogen-bond donors (Lipinski definition) is 3. The van der Waals surface area contributed by atoms with Crippen molar-refractivity contribution in [1.29, 1.82) is 0 Å². The van der Waals surface area contributed by atoms with Crippen LogP contribution in [0.2, 0.25) is 0 Å². The van der Waals surface area contributed by atoms with Gasteiger partial charge >= 0.3 is 5.97 Å². The smallest absolute Gasteiger partial charge is 0.336 e. The molecule has 5 heteroatoms. The van der Waals surface area contributed by atoms with Crippen LogP contribution in [-0.2, 0) is 0 Å². The molecule has 0 fully saturated rings. The molecule has 4 N–H and O–H groups in total. The molecule has 0 saturated carbocycles. The fourth-order valence-corrected chi connectivity index (χ4v) is 1.75. The second-order valence-electron chi connectivity index (χ2n) is 2.26. The zero-order valence-corrected chi connectivity index (χ0v) is 7.04. The fourth-order valence-electron chi connectivity index (χ4n) is 0.863. The van der Waals surface area contributed by atoms with Crippen molar-refractivity contribution in [1.82, 2.24) is 0 Å². The Hall–Kier alpha value is -0.910. The van der Waals surface area contributed by atoms with Crippen molar-refractivity contribution >= 4 is 17.3 Å². The highest BCUT2D eigenvalue weighted by atomic mass is 32.1. The van der Waals surface area contributed by atoms with E-state index in [1.54, 1.807) is 5.38 Å². The average Bonchev–Trinajstić information content (AvgIpc) is 2.50. The third-order valence-corrected chi connectivity index (χ3v) is 2.47. The molecule has 12 heavy (non-hydrogen) atoms. The number of aliphatic hydroxyl groups excluding tert-OH is 1. The first kappa shape index (κ1) is 9.18. The summed E-state index contributed by atoms with van der Waals surface area (Å²) in [5.74, 6) is -1.03. The van der Waals surface area contributed by atoms with Crippen LogP contribution in [0.3, 0.4) is 0 Å². The molecule has 0 amide bonds. The highest BCUT2D eigenvalue weighted by Crippen LogP contribution is 2.23. The highest BCUT2D eigenvalue weighted by Gasteiger charge is 2.16. The topological polar surface area (TPSA) is 83.5 Å². The van der Waals surface area contributed by atoms with Gasteiger partial charge in [0.15, 0.2) is 0 Å². The molecule has 0 aliphatic rings. The number of aliphatic hydroxyl groups is 1. The number of rotatable bonds is 3. The van der Waals surface area contributed by atoms with E-state index in [-0.39, 0.29) is 12.1 Å².